The normalized spacial score (nSPS) is 17.6. The highest BCUT2D eigenvalue weighted by atomic mass is 32.1. The van der Waals surface area contributed by atoms with Gasteiger partial charge in [-0.1, -0.05) is 45.1 Å². The first-order valence-electron chi connectivity index (χ1n) is 10.5. The van der Waals surface area contributed by atoms with Gasteiger partial charge in [0.2, 0.25) is 0 Å². The Bertz CT molecular complexity index is 836. The lowest BCUT2D eigenvalue weighted by atomic mass is 9.91. The number of hydrogen-bond donors (Lipinski definition) is 1. The second-order valence-corrected chi connectivity index (χ2v) is 9.50. The highest BCUT2D eigenvalue weighted by Gasteiger charge is 2.32. The Morgan fingerprint density at radius 1 is 1.34 bits per heavy atom. The van der Waals surface area contributed by atoms with Crippen molar-refractivity contribution >= 4 is 22.3 Å². The molecule has 29 heavy (non-hydrogen) atoms. The van der Waals surface area contributed by atoms with Crippen molar-refractivity contribution in [3.8, 4) is 6.07 Å². The number of nitrogens with one attached hydrogen (secondary N) is 1. The van der Waals surface area contributed by atoms with Crippen LogP contribution >= 0.6 is 11.3 Å². The van der Waals surface area contributed by atoms with Gasteiger partial charge in [0.25, 0.3) is 0 Å². The average Bonchev–Trinajstić information content (AvgIpc) is 3.35. The Kier molecular flexibility index (Phi) is 7.23. The van der Waals surface area contributed by atoms with E-state index in [0.29, 0.717) is 16.1 Å². The standard InChI is InChI=1S/C22H32N6S/c1-5-27(6-2)15-22(3,4)16-28-12-8-10-19(28)18-9-7-11-20(25-18)26-21-24-14-17(13-23)29-21/h7,9,11,14,19H,5-6,8,10,12,15-16H2,1-4H3,(H,24,25,26). The van der Waals surface area contributed by atoms with Gasteiger partial charge in [-0.2, -0.15) is 5.26 Å². The van der Waals surface area contributed by atoms with Crippen LogP contribution < -0.4 is 5.32 Å². The molecule has 0 aromatic carbocycles. The van der Waals surface area contributed by atoms with Crippen LogP contribution in [0.25, 0.3) is 0 Å². The summed E-state index contributed by atoms with van der Waals surface area (Å²) in [5, 5.41) is 12.9. The van der Waals surface area contributed by atoms with E-state index in [1.54, 1.807) is 6.20 Å². The van der Waals surface area contributed by atoms with Gasteiger partial charge in [0.1, 0.15) is 16.8 Å². The minimum Gasteiger partial charge on any atom is -0.316 e. The number of pyridine rings is 1. The van der Waals surface area contributed by atoms with Crippen LogP contribution in [0.3, 0.4) is 0 Å². The molecule has 0 saturated carbocycles. The zero-order chi connectivity index (χ0) is 20.9. The Morgan fingerprint density at radius 2 is 2.14 bits per heavy atom. The van der Waals surface area contributed by atoms with E-state index < -0.39 is 0 Å². The van der Waals surface area contributed by atoms with E-state index in [2.05, 4.69) is 66.0 Å². The van der Waals surface area contributed by atoms with Crippen LogP contribution in [0.5, 0.6) is 0 Å². The van der Waals surface area contributed by atoms with Crippen molar-refractivity contribution in [1.82, 2.24) is 19.8 Å². The molecule has 1 N–H and O–H groups in total. The van der Waals surface area contributed by atoms with E-state index in [9.17, 15) is 0 Å². The molecule has 1 fully saturated rings. The van der Waals surface area contributed by atoms with E-state index >= 15 is 0 Å². The molecule has 7 heteroatoms. The van der Waals surface area contributed by atoms with E-state index in [1.807, 2.05) is 6.07 Å². The molecule has 0 bridgehead atoms. The maximum atomic E-state index is 8.98. The summed E-state index contributed by atoms with van der Waals surface area (Å²) in [5.74, 6) is 0.788. The lowest BCUT2D eigenvalue weighted by Gasteiger charge is -2.37. The van der Waals surface area contributed by atoms with Crippen LogP contribution in [0.4, 0.5) is 10.9 Å². The SMILES string of the molecule is CCN(CC)CC(C)(C)CN1CCCC1c1cccc(Nc2ncc(C#N)s2)n1. The quantitative estimate of drug-likeness (QED) is 0.646. The largest absolute Gasteiger partial charge is 0.316 e. The van der Waals surface area contributed by atoms with Crippen molar-refractivity contribution in [2.45, 2.75) is 46.6 Å². The monoisotopic (exact) mass is 412 g/mol. The van der Waals surface area contributed by atoms with Crippen LogP contribution in [0.2, 0.25) is 0 Å². The van der Waals surface area contributed by atoms with Gasteiger partial charge >= 0.3 is 0 Å². The molecule has 1 atom stereocenters. The first-order chi connectivity index (χ1) is 13.9. The smallest absolute Gasteiger partial charge is 0.189 e. The summed E-state index contributed by atoms with van der Waals surface area (Å²) in [4.78, 5) is 14.8. The van der Waals surface area contributed by atoms with Gasteiger partial charge in [0.05, 0.1) is 17.9 Å². The zero-order valence-corrected chi connectivity index (χ0v) is 18.8. The minimum atomic E-state index is 0.235. The lowest BCUT2D eigenvalue weighted by Crippen LogP contribution is -2.42. The first kappa shape index (κ1) is 21.7. The summed E-state index contributed by atoms with van der Waals surface area (Å²) in [6.07, 6.45) is 3.95. The van der Waals surface area contributed by atoms with Crippen LogP contribution in [0, 0.1) is 16.7 Å². The number of aromatic nitrogens is 2. The third-order valence-corrected chi connectivity index (χ3v) is 6.32. The van der Waals surface area contributed by atoms with Gasteiger partial charge in [-0.3, -0.25) is 4.90 Å². The van der Waals surface area contributed by atoms with Gasteiger partial charge in [-0.05, 0) is 50.0 Å². The van der Waals surface area contributed by atoms with Gasteiger partial charge < -0.3 is 10.2 Å². The number of rotatable bonds is 9. The fourth-order valence-corrected chi connectivity index (χ4v) is 4.82. The third kappa shape index (κ3) is 5.75. The summed E-state index contributed by atoms with van der Waals surface area (Å²) >= 11 is 1.35. The lowest BCUT2D eigenvalue weighted by molar-refractivity contribution is 0.117. The highest BCUT2D eigenvalue weighted by molar-refractivity contribution is 7.16. The fraction of sp³-hybridized carbons (Fsp3) is 0.591. The number of likely N-dealkylation sites (tertiary alicyclic amines) is 1. The molecule has 156 valence electrons. The zero-order valence-electron chi connectivity index (χ0n) is 18.0. The topological polar surface area (TPSA) is 68.1 Å². The van der Waals surface area contributed by atoms with Crippen molar-refractivity contribution in [3.05, 3.63) is 35.0 Å². The Balaban J connectivity index is 1.69. The molecule has 0 amide bonds. The van der Waals surface area contributed by atoms with Gasteiger partial charge in [0, 0.05) is 13.1 Å². The molecule has 2 aromatic heterocycles. The molecule has 1 aliphatic rings. The summed E-state index contributed by atoms with van der Waals surface area (Å²) < 4.78 is 0. The predicted molar refractivity (Wildman–Crippen MR) is 119 cm³/mol. The van der Waals surface area contributed by atoms with E-state index in [0.717, 1.165) is 50.7 Å². The average molecular weight is 413 g/mol. The summed E-state index contributed by atoms with van der Waals surface area (Å²) in [5.41, 5.74) is 1.35. The predicted octanol–water partition coefficient (Wildman–Crippen LogP) is 4.66. The molecule has 0 radical (unpaired) electrons. The second-order valence-electron chi connectivity index (χ2n) is 8.47. The Hall–Kier alpha value is -2.01. The second kappa shape index (κ2) is 9.66. The molecular weight excluding hydrogens is 380 g/mol. The third-order valence-electron chi connectivity index (χ3n) is 5.50. The molecule has 6 nitrogen and oxygen atoms in total. The van der Waals surface area contributed by atoms with Crippen LogP contribution in [0.1, 0.15) is 57.1 Å². The Morgan fingerprint density at radius 3 is 2.83 bits per heavy atom. The van der Waals surface area contributed by atoms with E-state index in [-0.39, 0.29) is 5.41 Å². The number of nitrogens with zero attached hydrogens (tertiary/aromatic N) is 5. The molecule has 0 aliphatic carbocycles. The van der Waals surface area contributed by atoms with Crippen LogP contribution in [0.15, 0.2) is 24.4 Å². The number of anilines is 2. The van der Waals surface area contributed by atoms with Crippen LogP contribution in [-0.2, 0) is 0 Å². The molecular formula is C22H32N6S. The highest BCUT2D eigenvalue weighted by Crippen LogP contribution is 2.34. The van der Waals surface area contributed by atoms with Crippen molar-refractivity contribution < 1.29 is 0 Å². The first-order valence-corrected chi connectivity index (χ1v) is 11.3. The van der Waals surface area contributed by atoms with Gasteiger partial charge in [-0.15, -0.1) is 0 Å². The number of nitriles is 1. The molecule has 1 aliphatic heterocycles. The maximum absolute atomic E-state index is 8.98. The molecule has 3 heterocycles. The fourth-order valence-electron chi connectivity index (χ4n) is 4.20. The van der Waals surface area contributed by atoms with E-state index in [1.165, 1.54) is 17.8 Å². The minimum absolute atomic E-state index is 0.235. The van der Waals surface area contributed by atoms with Crippen molar-refractivity contribution in [3.63, 3.8) is 0 Å². The Labute approximate surface area is 178 Å². The van der Waals surface area contributed by atoms with Gasteiger partial charge in [-0.25, -0.2) is 9.97 Å². The molecule has 0 spiro atoms. The van der Waals surface area contributed by atoms with E-state index in [4.69, 9.17) is 10.2 Å². The molecule has 3 rings (SSSR count). The number of thiazole rings is 1. The number of hydrogen-bond acceptors (Lipinski definition) is 7. The molecule has 1 unspecified atom stereocenters. The summed E-state index contributed by atoms with van der Waals surface area (Å²) in [7, 11) is 0. The molecule has 1 saturated heterocycles. The van der Waals surface area contributed by atoms with Crippen LogP contribution in [-0.4, -0.2) is 52.5 Å². The molecule has 2 aromatic rings. The maximum Gasteiger partial charge on any atom is 0.189 e. The van der Waals surface area contributed by atoms with Crippen molar-refractivity contribution in [1.29, 1.82) is 5.26 Å². The summed E-state index contributed by atoms with van der Waals surface area (Å²) in [6.45, 7) is 14.7. The van der Waals surface area contributed by atoms with Crippen molar-refractivity contribution in [2.24, 2.45) is 5.41 Å². The summed E-state index contributed by atoms with van der Waals surface area (Å²) in [6, 6.07) is 8.63. The van der Waals surface area contributed by atoms with Crippen molar-refractivity contribution in [2.75, 3.05) is 38.0 Å². The van der Waals surface area contributed by atoms with Gasteiger partial charge in [0.15, 0.2) is 5.13 Å².